The molecular weight excluding hydrogens is 336 g/mol. The van der Waals surface area contributed by atoms with E-state index in [0.29, 0.717) is 18.1 Å². The molecule has 134 valence electrons. The van der Waals surface area contributed by atoms with Crippen LogP contribution in [0.3, 0.4) is 0 Å². The van der Waals surface area contributed by atoms with Crippen LogP contribution in [0.4, 0.5) is 0 Å². The van der Waals surface area contributed by atoms with Gasteiger partial charge in [0.2, 0.25) is 11.8 Å². The Morgan fingerprint density at radius 3 is 2.56 bits per heavy atom. The van der Waals surface area contributed by atoms with Gasteiger partial charge in [-0.25, -0.2) is 0 Å². The molecule has 0 N–H and O–H groups in total. The summed E-state index contributed by atoms with van der Waals surface area (Å²) in [6, 6.07) is 7.98. The minimum atomic E-state index is -0.0410. The number of nitrogens with zero attached hydrogens (tertiary/aromatic N) is 2. The Bertz CT molecular complexity index is 653. The largest absolute Gasteiger partial charge is 0.339 e. The van der Waals surface area contributed by atoms with Gasteiger partial charge in [-0.15, -0.1) is 0 Å². The maximum absolute atomic E-state index is 13.1. The number of carbonyl (C=O) groups is 2. The molecular formula is C20H25ClN2O2. The number of halogens is 1. The van der Waals surface area contributed by atoms with Gasteiger partial charge in [0, 0.05) is 30.6 Å². The molecule has 2 amide bonds. The number of amides is 2. The lowest BCUT2D eigenvalue weighted by molar-refractivity contribution is -0.142. The summed E-state index contributed by atoms with van der Waals surface area (Å²) in [5.41, 5.74) is 1.12. The third-order valence-corrected chi connectivity index (χ3v) is 5.58. The number of carbonyl (C=O) groups excluding carboxylic acids is 2. The van der Waals surface area contributed by atoms with Gasteiger partial charge in [-0.2, -0.15) is 0 Å². The molecule has 0 saturated carbocycles. The lowest BCUT2D eigenvalue weighted by Gasteiger charge is -2.40. The number of benzene rings is 1. The van der Waals surface area contributed by atoms with Crippen molar-refractivity contribution in [2.75, 3.05) is 19.6 Å². The summed E-state index contributed by atoms with van der Waals surface area (Å²) >= 11 is 6.15. The number of hydrogen-bond acceptors (Lipinski definition) is 2. The van der Waals surface area contributed by atoms with E-state index in [2.05, 4.69) is 12.6 Å². The number of piperidine rings is 2. The molecule has 2 aliphatic rings. The fourth-order valence-corrected chi connectivity index (χ4v) is 4.16. The zero-order valence-corrected chi connectivity index (χ0v) is 15.3. The Morgan fingerprint density at radius 1 is 1.12 bits per heavy atom. The van der Waals surface area contributed by atoms with E-state index < -0.39 is 0 Å². The minimum absolute atomic E-state index is 0.00801. The quantitative estimate of drug-likeness (QED) is 0.769. The van der Waals surface area contributed by atoms with Crippen LogP contribution in [0, 0.1) is 5.92 Å². The van der Waals surface area contributed by atoms with Crippen LogP contribution in [0.5, 0.6) is 0 Å². The normalized spacial score (nSPS) is 21.9. The molecule has 1 unspecified atom stereocenters. The summed E-state index contributed by atoms with van der Waals surface area (Å²) in [7, 11) is 0. The van der Waals surface area contributed by atoms with E-state index in [1.807, 2.05) is 23.1 Å². The Hall–Kier alpha value is -1.81. The first-order valence-electron chi connectivity index (χ1n) is 9.07. The fraction of sp³-hybridized carbons (Fsp3) is 0.500. The molecule has 3 rings (SSSR count). The smallest absolute Gasteiger partial charge is 0.245 e. The van der Waals surface area contributed by atoms with E-state index >= 15 is 0 Å². The molecule has 2 saturated heterocycles. The molecule has 1 atom stereocenters. The van der Waals surface area contributed by atoms with Gasteiger partial charge in [0.25, 0.3) is 0 Å². The van der Waals surface area contributed by atoms with Crippen molar-refractivity contribution in [3.63, 3.8) is 0 Å². The first-order chi connectivity index (χ1) is 12.1. The molecule has 5 heteroatoms. The summed E-state index contributed by atoms with van der Waals surface area (Å²) in [6.45, 7) is 5.62. The van der Waals surface area contributed by atoms with Crippen molar-refractivity contribution < 1.29 is 9.59 Å². The number of likely N-dealkylation sites (tertiary alicyclic amines) is 2. The summed E-state index contributed by atoms with van der Waals surface area (Å²) in [5, 5.41) is 0.715. The summed E-state index contributed by atoms with van der Waals surface area (Å²) in [6.07, 6.45) is 5.99. The molecule has 2 fully saturated rings. The average molecular weight is 361 g/mol. The monoisotopic (exact) mass is 360 g/mol. The molecule has 1 aromatic rings. The zero-order chi connectivity index (χ0) is 17.8. The van der Waals surface area contributed by atoms with Crippen molar-refractivity contribution in [3.8, 4) is 0 Å². The maximum Gasteiger partial charge on any atom is 0.245 e. The highest BCUT2D eigenvalue weighted by molar-refractivity contribution is 6.30. The van der Waals surface area contributed by atoms with Crippen LogP contribution in [-0.2, 0) is 9.59 Å². The third-order valence-electron chi connectivity index (χ3n) is 5.35. The van der Waals surface area contributed by atoms with Gasteiger partial charge in [0.05, 0.1) is 6.04 Å². The highest BCUT2D eigenvalue weighted by Gasteiger charge is 2.34. The Labute approximate surface area is 154 Å². The first-order valence-corrected chi connectivity index (χ1v) is 9.45. The summed E-state index contributed by atoms with van der Waals surface area (Å²) < 4.78 is 0. The Kier molecular flexibility index (Phi) is 5.79. The molecule has 0 radical (unpaired) electrons. The predicted octanol–water partition coefficient (Wildman–Crippen LogP) is 3.82. The Balaban J connectivity index is 1.69. The summed E-state index contributed by atoms with van der Waals surface area (Å²) in [5.74, 6) is 0.199. The van der Waals surface area contributed by atoms with Gasteiger partial charge < -0.3 is 9.80 Å². The number of hydrogen-bond donors (Lipinski definition) is 0. The van der Waals surface area contributed by atoms with E-state index in [1.165, 1.54) is 6.08 Å². The predicted molar refractivity (Wildman–Crippen MR) is 99.3 cm³/mol. The molecule has 1 aromatic carbocycles. The van der Waals surface area contributed by atoms with E-state index in [0.717, 1.165) is 44.2 Å². The van der Waals surface area contributed by atoms with Crippen molar-refractivity contribution in [1.82, 2.24) is 9.80 Å². The molecule has 0 aromatic heterocycles. The highest BCUT2D eigenvalue weighted by atomic mass is 35.5. The van der Waals surface area contributed by atoms with Crippen molar-refractivity contribution in [2.45, 2.75) is 38.1 Å². The first kappa shape index (κ1) is 18.0. The standard InChI is InChI=1S/C20H25ClN2O2/c1-2-19(24)22-12-9-15(10-13-22)20(25)23-11-4-3-8-18(23)16-6-5-7-17(21)14-16/h2,5-7,14-15,18H,1,3-4,8-13H2. The molecule has 0 bridgehead atoms. The zero-order valence-electron chi connectivity index (χ0n) is 14.5. The second-order valence-electron chi connectivity index (χ2n) is 6.90. The lowest BCUT2D eigenvalue weighted by Crippen LogP contribution is -2.46. The van der Waals surface area contributed by atoms with Crippen molar-refractivity contribution in [3.05, 3.63) is 47.5 Å². The topological polar surface area (TPSA) is 40.6 Å². The number of rotatable bonds is 3. The molecule has 25 heavy (non-hydrogen) atoms. The second-order valence-corrected chi connectivity index (χ2v) is 7.34. The summed E-state index contributed by atoms with van der Waals surface area (Å²) in [4.78, 5) is 28.7. The van der Waals surface area contributed by atoms with Gasteiger partial charge >= 0.3 is 0 Å². The third kappa shape index (κ3) is 4.06. The van der Waals surface area contributed by atoms with Crippen LogP contribution < -0.4 is 0 Å². The van der Waals surface area contributed by atoms with Crippen molar-refractivity contribution in [2.24, 2.45) is 5.92 Å². The molecule has 0 spiro atoms. The lowest BCUT2D eigenvalue weighted by atomic mass is 9.90. The van der Waals surface area contributed by atoms with Crippen LogP contribution in [0.15, 0.2) is 36.9 Å². The SMILES string of the molecule is C=CC(=O)N1CCC(C(=O)N2CCCCC2c2cccc(Cl)c2)CC1. The van der Waals surface area contributed by atoms with Gasteiger partial charge in [-0.05, 0) is 55.9 Å². The Morgan fingerprint density at radius 2 is 1.88 bits per heavy atom. The van der Waals surface area contributed by atoms with E-state index in [-0.39, 0.29) is 23.8 Å². The fourth-order valence-electron chi connectivity index (χ4n) is 3.97. The van der Waals surface area contributed by atoms with Crippen LogP contribution >= 0.6 is 11.6 Å². The maximum atomic E-state index is 13.1. The van der Waals surface area contributed by atoms with Crippen molar-refractivity contribution >= 4 is 23.4 Å². The van der Waals surface area contributed by atoms with Gasteiger partial charge in [-0.3, -0.25) is 9.59 Å². The van der Waals surface area contributed by atoms with E-state index in [4.69, 9.17) is 11.6 Å². The van der Waals surface area contributed by atoms with E-state index in [1.54, 1.807) is 4.90 Å². The molecule has 2 heterocycles. The van der Waals surface area contributed by atoms with Crippen LogP contribution in [0.2, 0.25) is 5.02 Å². The van der Waals surface area contributed by atoms with Crippen molar-refractivity contribution in [1.29, 1.82) is 0 Å². The molecule has 4 nitrogen and oxygen atoms in total. The van der Waals surface area contributed by atoms with Gasteiger partial charge in [-0.1, -0.05) is 30.3 Å². The minimum Gasteiger partial charge on any atom is -0.339 e. The van der Waals surface area contributed by atoms with Crippen LogP contribution in [0.25, 0.3) is 0 Å². The van der Waals surface area contributed by atoms with Crippen LogP contribution in [-0.4, -0.2) is 41.2 Å². The van der Waals surface area contributed by atoms with Crippen LogP contribution in [0.1, 0.15) is 43.7 Å². The molecule has 0 aliphatic carbocycles. The van der Waals surface area contributed by atoms with Gasteiger partial charge in [0.1, 0.15) is 0 Å². The highest BCUT2D eigenvalue weighted by Crippen LogP contribution is 2.34. The van der Waals surface area contributed by atoms with Gasteiger partial charge in [0.15, 0.2) is 0 Å². The van der Waals surface area contributed by atoms with E-state index in [9.17, 15) is 9.59 Å². The molecule has 2 aliphatic heterocycles. The second kappa shape index (κ2) is 8.05. The average Bonchev–Trinajstić information content (AvgIpc) is 2.67.